The molecule has 1 fully saturated rings. The van der Waals surface area contributed by atoms with E-state index in [9.17, 15) is 4.79 Å². The highest BCUT2D eigenvalue weighted by Gasteiger charge is 2.11. The van der Waals surface area contributed by atoms with Gasteiger partial charge in [0.25, 0.3) is 0 Å². The summed E-state index contributed by atoms with van der Waals surface area (Å²) in [4.78, 5) is 13.4. The fourth-order valence-electron chi connectivity index (χ4n) is 2.18. The third-order valence-corrected chi connectivity index (χ3v) is 3.07. The van der Waals surface area contributed by atoms with Crippen molar-refractivity contribution in [2.24, 2.45) is 0 Å². The molecule has 1 aliphatic rings. The molecule has 0 spiro atoms. The number of nitrogens with zero attached hydrogens (tertiary/aromatic N) is 3. The molecule has 1 aromatic rings. The summed E-state index contributed by atoms with van der Waals surface area (Å²) < 4.78 is 1.83. The molecule has 0 atom stereocenters. The quantitative estimate of drug-likeness (QED) is 0.672. The fourth-order valence-corrected chi connectivity index (χ4v) is 2.18. The van der Waals surface area contributed by atoms with Crippen LogP contribution in [-0.4, -0.2) is 42.2 Å². The lowest BCUT2D eigenvalue weighted by atomic mass is 10.4. The molecule has 0 unspecified atom stereocenters. The molecule has 0 radical (unpaired) electrons. The zero-order valence-corrected chi connectivity index (χ0v) is 9.59. The summed E-state index contributed by atoms with van der Waals surface area (Å²) in [7, 11) is 0. The number of hydrogen-bond acceptors (Lipinski definition) is 2. The van der Waals surface area contributed by atoms with E-state index in [2.05, 4.69) is 4.90 Å². The Morgan fingerprint density at radius 2 is 1.88 bits per heavy atom. The van der Waals surface area contributed by atoms with Crippen LogP contribution in [0.3, 0.4) is 0 Å². The number of carbonyl (C=O) groups excluding carboxylic acids is 1. The highest BCUT2D eigenvalue weighted by Crippen LogP contribution is 2.07. The predicted octanol–water partition coefficient (Wildman–Crippen LogP) is 1.07. The van der Waals surface area contributed by atoms with Crippen LogP contribution in [0.2, 0.25) is 0 Å². The molecule has 0 bridgehead atoms. The van der Waals surface area contributed by atoms with Crippen molar-refractivity contribution in [2.75, 3.05) is 31.2 Å². The standard InChI is InChI=1S/C12H19N3O/c16-12-15(14-9-3-4-10-14)11-5-8-13-6-1-2-7-13/h3-4,9-10,12H,1-2,5-8,11H2. The monoisotopic (exact) mass is 221 g/mol. The topological polar surface area (TPSA) is 28.5 Å². The van der Waals surface area contributed by atoms with E-state index in [-0.39, 0.29) is 0 Å². The maximum absolute atomic E-state index is 10.9. The summed E-state index contributed by atoms with van der Waals surface area (Å²) in [5, 5.41) is 1.70. The van der Waals surface area contributed by atoms with Crippen molar-refractivity contribution in [2.45, 2.75) is 19.3 Å². The first kappa shape index (κ1) is 11.2. The first-order chi connectivity index (χ1) is 7.90. The first-order valence-electron chi connectivity index (χ1n) is 5.98. The summed E-state index contributed by atoms with van der Waals surface area (Å²) in [6.45, 7) is 4.34. The van der Waals surface area contributed by atoms with Gasteiger partial charge >= 0.3 is 0 Å². The van der Waals surface area contributed by atoms with Gasteiger partial charge in [-0.15, -0.1) is 0 Å². The van der Waals surface area contributed by atoms with Crippen LogP contribution < -0.4 is 5.01 Å². The average molecular weight is 221 g/mol. The minimum absolute atomic E-state index is 0.786. The van der Waals surface area contributed by atoms with E-state index < -0.39 is 0 Å². The molecular formula is C12H19N3O. The fraction of sp³-hybridized carbons (Fsp3) is 0.583. The molecule has 0 saturated carbocycles. The van der Waals surface area contributed by atoms with Crippen LogP contribution in [0.4, 0.5) is 0 Å². The molecule has 1 saturated heterocycles. The van der Waals surface area contributed by atoms with Crippen LogP contribution in [0.15, 0.2) is 24.5 Å². The smallest absolute Gasteiger partial charge is 0.228 e. The van der Waals surface area contributed by atoms with Crippen LogP contribution in [0, 0.1) is 0 Å². The average Bonchev–Trinajstić information content (AvgIpc) is 2.96. The second kappa shape index (κ2) is 5.70. The van der Waals surface area contributed by atoms with Gasteiger partial charge in [0.2, 0.25) is 6.41 Å². The minimum Gasteiger partial charge on any atom is -0.303 e. The highest BCUT2D eigenvalue weighted by molar-refractivity contribution is 5.60. The van der Waals surface area contributed by atoms with Crippen molar-refractivity contribution >= 4 is 6.41 Å². The molecule has 1 amide bonds. The largest absolute Gasteiger partial charge is 0.303 e. The SMILES string of the molecule is O=CN(CCCN1CCCC1)n1cccc1. The molecule has 0 aliphatic carbocycles. The van der Waals surface area contributed by atoms with Gasteiger partial charge in [0.1, 0.15) is 0 Å². The molecule has 16 heavy (non-hydrogen) atoms. The molecule has 2 heterocycles. The second-order valence-electron chi connectivity index (χ2n) is 4.23. The Labute approximate surface area is 96.4 Å². The molecule has 1 aliphatic heterocycles. The van der Waals surface area contributed by atoms with Crippen molar-refractivity contribution in [1.82, 2.24) is 9.58 Å². The second-order valence-corrected chi connectivity index (χ2v) is 4.23. The lowest BCUT2D eigenvalue weighted by Crippen LogP contribution is -2.34. The van der Waals surface area contributed by atoms with Gasteiger partial charge in [0, 0.05) is 18.9 Å². The van der Waals surface area contributed by atoms with Crippen LogP contribution in [0.25, 0.3) is 0 Å². The van der Waals surface area contributed by atoms with Gasteiger partial charge in [-0.05, 0) is 51.0 Å². The normalized spacial score (nSPS) is 16.5. The Morgan fingerprint density at radius 1 is 1.19 bits per heavy atom. The molecule has 4 heteroatoms. The third-order valence-electron chi connectivity index (χ3n) is 3.07. The third kappa shape index (κ3) is 2.85. The zero-order valence-electron chi connectivity index (χ0n) is 9.59. The van der Waals surface area contributed by atoms with Gasteiger partial charge in [-0.2, -0.15) is 0 Å². The molecular weight excluding hydrogens is 202 g/mol. The Hall–Kier alpha value is -1.29. The lowest BCUT2D eigenvalue weighted by Gasteiger charge is -2.20. The van der Waals surface area contributed by atoms with Crippen molar-refractivity contribution in [3.63, 3.8) is 0 Å². The van der Waals surface area contributed by atoms with Gasteiger partial charge in [-0.25, -0.2) is 0 Å². The van der Waals surface area contributed by atoms with E-state index in [0.717, 1.165) is 25.9 Å². The van der Waals surface area contributed by atoms with E-state index in [1.807, 2.05) is 29.2 Å². The van der Waals surface area contributed by atoms with E-state index in [0.29, 0.717) is 0 Å². The number of rotatable bonds is 6. The van der Waals surface area contributed by atoms with Crippen molar-refractivity contribution in [3.05, 3.63) is 24.5 Å². The molecule has 1 aromatic heterocycles. The minimum atomic E-state index is 0.786. The van der Waals surface area contributed by atoms with Gasteiger partial charge in [0.05, 0.1) is 0 Å². The van der Waals surface area contributed by atoms with Crippen molar-refractivity contribution in [1.29, 1.82) is 0 Å². The van der Waals surface area contributed by atoms with Gasteiger partial charge in [-0.3, -0.25) is 14.5 Å². The number of carbonyl (C=O) groups is 1. The number of likely N-dealkylation sites (tertiary alicyclic amines) is 1. The summed E-state index contributed by atoms with van der Waals surface area (Å²) >= 11 is 0. The first-order valence-corrected chi connectivity index (χ1v) is 5.98. The maximum atomic E-state index is 10.9. The highest BCUT2D eigenvalue weighted by atomic mass is 16.1. The molecule has 0 N–H and O–H groups in total. The number of amides is 1. The van der Waals surface area contributed by atoms with Crippen LogP contribution in [0.1, 0.15) is 19.3 Å². The molecule has 0 aromatic carbocycles. The van der Waals surface area contributed by atoms with Crippen LogP contribution >= 0.6 is 0 Å². The molecule has 4 nitrogen and oxygen atoms in total. The van der Waals surface area contributed by atoms with E-state index in [4.69, 9.17) is 0 Å². The Kier molecular flexibility index (Phi) is 3.99. The molecule has 2 rings (SSSR count). The zero-order chi connectivity index (χ0) is 11.2. The Morgan fingerprint density at radius 3 is 2.50 bits per heavy atom. The van der Waals surface area contributed by atoms with Gasteiger partial charge in [0.15, 0.2) is 0 Å². The van der Waals surface area contributed by atoms with Gasteiger partial charge < -0.3 is 4.90 Å². The van der Waals surface area contributed by atoms with Crippen LogP contribution in [0.5, 0.6) is 0 Å². The number of hydrogen-bond donors (Lipinski definition) is 0. The van der Waals surface area contributed by atoms with E-state index in [1.54, 1.807) is 5.01 Å². The summed E-state index contributed by atoms with van der Waals surface area (Å²) in [6.07, 6.45) is 8.37. The summed E-state index contributed by atoms with van der Waals surface area (Å²) in [5.74, 6) is 0. The Balaban J connectivity index is 1.73. The summed E-state index contributed by atoms with van der Waals surface area (Å²) in [5.41, 5.74) is 0. The van der Waals surface area contributed by atoms with Crippen molar-refractivity contribution in [3.8, 4) is 0 Å². The summed E-state index contributed by atoms with van der Waals surface area (Å²) in [6, 6.07) is 3.86. The van der Waals surface area contributed by atoms with E-state index >= 15 is 0 Å². The maximum Gasteiger partial charge on any atom is 0.228 e. The Bertz CT molecular complexity index is 304. The number of aromatic nitrogens is 1. The van der Waals surface area contributed by atoms with Crippen molar-refractivity contribution < 1.29 is 4.79 Å². The van der Waals surface area contributed by atoms with Crippen LogP contribution in [-0.2, 0) is 4.79 Å². The predicted molar refractivity (Wildman–Crippen MR) is 63.9 cm³/mol. The lowest BCUT2D eigenvalue weighted by molar-refractivity contribution is -0.108. The van der Waals surface area contributed by atoms with Gasteiger partial charge in [-0.1, -0.05) is 0 Å². The van der Waals surface area contributed by atoms with E-state index in [1.165, 1.54) is 25.9 Å². The molecule has 88 valence electrons.